The molecular weight excluding hydrogens is 409 g/mol. The molecule has 3 aromatic carbocycles. The molecule has 0 spiro atoms. The third-order valence-corrected chi connectivity index (χ3v) is 5.66. The number of rotatable bonds is 6. The second-order valence-electron chi connectivity index (χ2n) is 7.66. The van der Waals surface area contributed by atoms with Crippen LogP contribution in [-0.4, -0.2) is 24.3 Å². The number of Topliss-reactive ketones (excluding diaryl/α,β-unsaturated/α-hetero) is 1. The number of halogens is 1. The summed E-state index contributed by atoms with van der Waals surface area (Å²) >= 11 is 0. The van der Waals surface area contributed by atoms with Crippen molar-refractivity contribution in [3.63, 3.8) is 0 Å². The predicted molar refractivity (Wildman–Crippen MR) is 117 cm³/mol. The number of benzene rings is 3. The van der Waals surface area contributed by atoms with Gasteiger partial charge in [-0.25, -0.2) is 4.39 Å². The largest absolute Gasteiger partial charge is 0.465 e. The lowest BCUT2D eigenvalue weighted by atomic mass is 9.69. The van der Waals surface area contributed by atoms with E-state index in [0.29, 0.717) is 11.3 Å². The fourth-order valence-corrected chi connectivity index (χ4v) is 4.15. The van der Waals surface area contributed by atoms with Crippen molar-refractivity contribution in [1.29, 1.82) is 0 Å². The van der Waals surface area contributed by atoms with Crippen LogP contribution in [0, 0.1) is 5.82 Å². The van der Waals surface area contributed by atoms with Gasteiger partial charge in [0, 0.05) is 17.7 Å². The second-order valence-corrected chi connectivity index (χ2v) is 7.66. The highest BCUT2D eigenvalue weighted by Gasteiger charge is 2.57. The van der Waals surface area contributed by atoms with Gasteiger partial charge in [-0.15, -0.1) is 0 Å². The Kier molecular flexibility index (Phi) is 5.86. The second kappa shape index (κ2) is 8.75. The quantitative estimate of drug-likeness (QED) is 0.336. The molecule has 1 amide bonds. The zero-order valence-electron chi connectivity index (χ0n) is 17.6. The van der Waals surface area contributed by atoms with Crippen LogP contribution < -0.4 is 4.90 Å². The van der Waals surface area contributed by atoms with Crippen molar-refractivity contribution in [3.05, 3.63) is 101 Å². The van der Waals surface area contributed by atoms with Crippen LogP contribution in [0.1, 0.15) is 23.6 Å². The summed E-state index contributed by atoms with van der Waals surface area (Å²) in [5.41, 5.74) is -0.0350. The lowest BCUT2D eigenvalue weighted by Crippen LogP contribution is -2.58. The van der Waals surface area contributed by atoms with Gasteiger partial charge < -0.3 is 9.64 Å². The van der Waals surface area contributed by atoms with Crippen LogP contribution in [0.4, 0.5) is 10.1 Å². The van der Waals surface area contributed by atoms with E-state index in [1.807, 2.05) is 36.4 Å². The van der Waals surface area contributed by atoms with Crippen LogP contribution >= 0.6 is 0 Å². The molecule has 1 heterocycles. The summed E-state index contributed by atoms with van der Waals surface area (Å²) < 4.78 is 19.7. The van der Waals surface area contributed by atoms with E-state index >= 15 is 0 Å². The Morgan fingerprint density at radius 1 is 0.938 bits per heavy atom. The number of amides is 1. The molecule has 162 valence electrons. The van der Waals surface area contributed by atoms with E-state index in [0.717, 1.165) is 11.6 Å². The van der Waals surface area contributed by atoms with Crippen LogP contribution in [0.5, 0.6) is 0 Å². The molecule has 0 unspecified atom stereocenters. The predicted octanol–water partition coefficient (Wildman–Crippen LogP) is 3.99. The number of fused-ring (bicyclic) bond motifs is 1. The number of hydrogen-bond donors (Lipinski definition) is 0. The average molecular weight is 431 g/mol. The Balaban J connectivity index is 1.91. The van der Waals surface area contributed by atoms with Crippen molar-refractivity contribution >= 4 is 23.3 Å². The average Bonchev–Trinajstić information content (AvgIpc) is 2.81. The molecule has 0 saturated heterocycles. The standard InChI is InChI=1S/C26H22FNO4/c1-2-32-25(31)26(16-18-9-5-3-6-10-18)21-15-20(27)13-14-22(21)28(24(30)23(26)29)17-19-11-7-4-8-12-19/h3-15H,2,16-17H2,1H3/t26-/m0/s1. The van der Waals surface area contributed by atoms with Gasteiger partial charge in [-0.3, -0.25) is 14.4 Å². The van der Waals surface area contributed by atoms with Gasteiger partial charge in [-0.05, 0) is 36.2 Å². The van der Waals surface area contributed by atoms with Gasteiger partial charge in [0.1, 0.15) is 5.82 Å². The molecular formula is C26H22FNO4. The molecule has 0 fully saturated rings. The number of ether oxygens (including phenoxy) is 1. The molecule has 0 bridgehead atoms. The summed E-state index contributed by atoms with van der Waals surface area (Å²) in [6.07, 6.45) is -0.104. The summed E-state index contributed by atoms with van der Waals surface area (Å²) in [5, 5.41) is 0. The molecule has 0 aliphatic carbocycles. The highest BCUT2D eigenvalue weighted by Crippen LogP contribution is 2.43. The first-order chi connectivity index (χ1) is 15.5. The highest BCUT2D eigenvalue weighted by molar-refractivity contribution is 6.50. The van der Waals surface area contributed by atoms with Crippen LogP contribution in [0.25, 0.3) is 0 Å². The Morgan fingerprint density at radius 2 is 1.56 bits per heavy atom. The first kappa shape index (κ1) is 21.4. The van der Waals surface area contributed by atoms with Crippen LogP contribution in [0.15, 0.2) is 78.9 Å². The third-order valence-electron chi connectivity index (χ3n) is 5.66. The molecule has 6 heteroatoms. The normalized spacial score (nSPS) is 17.8. The number of nitrogens with zero attached hydrogens (tertiary/aromatic N) is 1. The molecule has 3 aromatic rings. The molecule has 4 rings (SSSR count). The van der Waals surface area contributed by atoms with Gasteiger partial charge in [0.05, 0.1) is 13.2 Å². The summed E-state index contributed by atoms with van der Waals surface area (Å²) in [6.45, 7) is 1.76. The molecule has 0 N–H and O–H groups in total. The van der Waals surface area contributed by atoms with E-state index in [2.05, 4.69) is 0 Å². The summed E-state index contributed by atoms with van der Waals surface area (Å²) in [4.78, 5) is 41.6. The number of carbonyl (C=O) groups is 3. The lowest BCUT2D eigenvalue weighted by molar-refractivity contribution is -0.157. The molecule has 32 heavy (non-hydrogen) atoms. The Bertz CT molecular complexity index is 1160. The minimum Gasteiger partial charge on any atom is -0.465 e. The molecule has 0 saturated carbocycles. The fraction of sp³-hybridized carbons (Fsp3) is 0.192. The maximum atomic E-state index is 14.4. The maximum absolute atomic E-state index is 14.4. The monoisotopic (exact) mass is 431 g/mol. The first-order valence-corrected chi connectivity index (χ1v) is 10.4. The summed E-state index contributed by atoms with van der Waals surface area (Å²) in [6, 6.07) is 21.9. The van der Waals surface area contributed by atoms with E-state index in [9.17, 15) is 18.8 Å². The van der Waals surface area contributed by atoms with E-state index < -0.39 is 28.9 Å². The molecule has 5 nitrogen and oxygen atoms in total. The van der Waals surface area contributed by atoms with Crippen molar-refractivity contribution in [2.45, 2.75) is 25.3 Å². The maximum Gasteiger partial charge on any atom is 0.325 e. The van der Waals surface area contributed by atoms with E-state index in [1.165, 1.54) is 17.0 Å². The number of anilines is 1. The number of hydrogen-bond acceptors (Lipinski definition) is 4. The minimum absolute atomic E-state index is 0.0230. The minimum atomic E-state index is -1.96. The van der Waals surface area contributed by atoms with Gasteiger partial charge in [-0.2, -0.15) is 0 Å². The number of carbonyl (C=O) groups excluding carboxylic acids is 3. The highest BCUT2D eigenvalue weighted by atomic mass is 19.1. The van der Waals surface area contributed by atoms with E-state index in [1.54, 1.807) is 31.2 Å². The zero-order valence-corrected chi connectivity index (χ0v) is 17.6. The molecule has 1 aliphatic rings. The molecule has 1 aliphatic heterocycles. The lowest BCUT2D eigenvalue weighted by Gasteiger charge is -2.39. The SMILES string of the molecule is CCOC(=O)[C@]1(Cc2ccccc2)C(=O)C(=O)N(Cc2ccccc2)c2ccc(F)cc21. The van der Waals surface area contributed by atoms with Gasteiger partial charge >= 0.3 is 5.97 Å². The topological polar surface area (TPSA) is 63.7 Å². The first-order valence-electron chi connectivity index (χ1n) is 10.4. The Hall–Kier alpha value is -3.80. The van der Waals surface area contributed by atoms with Crippen molar-refractivity contribution < 1.29 is 23.5 Å². The van der Waals surface area contributed by atoms with Gasteiger partial charge in [0.25, 0.3) is 5.91 Å². The smallest absolute Gasteiger partial charge is 0.325 e. The fourth-order valence-electron chi connectivity index (χ4n) is 4.15. The zero-order chi connectivity index (χ0) is 22.7. The number of esters is 1. The molecule has 1 atom stereocenters. The third kappa shape index (κ3) is 3.68. The van der Waals surface area contributed by atoms with Crippen molar-refractivity contribution in [1.82, 2.24) is 0 Å². The molecule has 0 aromatic heterocycles. The summed E-state index contributed by atoms with van der Waals surface area (Å²) in [5.74, 6) is -3.20. The van der Waals surface area contributed by atoms with Gasteiger partial charge in [-0.1, -0.05) is 60.7 Å². The van der Waals surface area contributed by atoms with Gasteiger partial charge in [0.15, 0.2) is 5.41 Å². The Morgan fingerprint density at radius 3 is 2.19 bits per heavy atom. The van der Waals surface area contributed by atoms with E-state index in [-0.39, 0.29) is 25.1 Å². The van der Waals surface area contributed by atoms with Crippen LogP contribution in [0.2, 0.25) is 0 Å². The van der Waals surface area contributed by atoms with Crippen LogP contribution in [-0.2, 0) is 37.5 Å². The van der Waals surface area contributed by atoms with Crippen molar-refractivity contribution in [2.24, 2.45) is 0 Å². The van der Waals surface area contributed by atoms with Gasteiger partial charge in [0.2, 0.25) is 5.78 Å². The summed E-state index contributed by atoms with van der Waals surface area (Å²) in [7, 11) is 0. The van der Waals surface area contributed by atoms with Crippen molar-refractivity contribution in [2.75, 3.05) is 11.5 Å². The van der Waals surface area contributed by atoms with E-state index in [4.69, 9.17) is 4.74 Å². The molecule has 0 radical (unpaired) electrons. The van der Waals surface area contributed by atoms with Crippen LogP contribution in [0.3, 0.4) is 0 Å². The number of ketones is 1. The van der Waals surface area contributed by atoms with Crippen molar-refractivity contribution in [3.8, 4) is 0 Å². The Labute approximate surface area is 185 Å².